The number of carbonyl (C=O) groups is 2. The highest BCUT2D eigenvalue weighted by Gasteiger charge is 2.21. The first-order valence-corrected chi connectivity index (χ1v) is 7.34. The molecule has 5 nitrogen and oxygen atoms in total. The molecule has 0 bridgehead atoms. The summed E-state index contributed by atoms with van der Waals surface area (Å²) >= 11 is 0. The molecule has 0 unspecified atom stereocenters. The molecule has 2 rings (SSSR count). The minimum atomic E-state index is -0.875. The number of anilines is 1. The average molecular weight is 289 g/mol. The monoisotopic (exact) mass is 289 g/mol. The molecule has 114 valence electrons. The highest BCUT2D eigenvalue weighted by atomic mass is 16.2. The van der Waals surface area contributed by atoms with Crippen LogP contribution in [0.5, 0.6) is 0 Å². The number of rotatable bonds is 4. The number of nitrogens with one attached hydrogen (secondary N) is 1. The smallest absolute Gasteiger partial charge is 0.239 e. The van der Waals surface area contributed by atoms with E-state index in [2.05, 4.69) is 5.32 Å². The van der Waals surface area contributed by atoms with E-state index in [-0.39, 0.29) is 11.8 Å². The molecule has 1 aromatic rings. The maximum absolute atomic E-state index is 11.9. The van der Waals surface area contributed by atoms with Crippen molar-refractivity contribution in [2.24, 2.45) is 5.73 Å². The van der Waals surface area contributed by atoms with E-state index in [9.17, 15) is 9.59 Å². The van der Waals surface area contributed by atoms with Crippen LogP contribution in [0.2, 0.25) is 0 Å². The van der Waals surface area contributed by atoms with Gasteiger partial charge in [0.1, 0.15) is 0 Å². The molecule has 0 atom stereocenters. The first-order valence-electron chi connectivity index (χ1n) is 7.34. The van der Waals surface area contributed by atoms with Gasteiger partial charge in [-0.25, -0.2) is 0 Å². The van der Waals surface area contributed by atoms with Crippen molar-refractivity contribution in [2.45, 2.75) is 45.2 Å². The van der Waals surface area contributed by atoms with Gasteiger partial charge in [-0.3, -0.25) is 9.59 Å². The van der Waals surface area contributed by atoms with Crippen LogP contribution in [0.4, 0.5) is 5.69 Å². The van der Waals surface area contributed by atoms with E-state index in [4.69, 9.17) is 5.73 Å². The summed E-state index contributed by atoms with van der Waals surface area (Å²) in [4.78, 5) is 25.4. The second-order valence-electron chi connectivity index (χ2n) is 6.07. The van der Waals surface area contributed by atoms with E-state index in [1.165, 1.54) is 0 Å². The molecule has 1 saturated heterocycles. The molecule has 5 heteroatoms. The SMILES string of the molecule is CC(C)(N)C(=O)NCc1ccc(N2CCCCC2=O)cc1. The van der Waals surface area contributed by atoms with Crippen molar-refractivity contribution in [1.82, 2.24) is 5.32 Å². The van der Waals surface area contributed by atoms with Gasteiger partial charge in [0.15, 0.2) is 0 Å². The first-order chi connectivity index (χ1) is 9.88. The van der Waals surface area contributed by atoms with Gasteiger partial charge in [0.2, 0.25) is 11.8 Å². The summed E-state index contributed by atoms with van der Waals surface area (Å²) in [6.45, 7) is 4.57. The molecule has 0 aromatic heterocycles. The lowest BCUT2D eigenvalue weighted by Crippen LogP contribution is -2.48. The van der Waals surface area contributed by atoms with Crippen molar-refractivity contribution in [2.75, 3.05) is 11.4 Å². The lowest BCUT2D eigenvalue weighted by Gasteiger charge is -2.27. The Hall–Kier alpha value is -1.88. The van der Waals surface area contributed by atoms with Crippen molar-refractivity contribution < 1.29 is 9.59 Å². The third-order valence-electron chi connectivity index (χ3n) is 3.61. The van der Waals surface area contributed by atoms with E-state index in [0.717, 1.165) is 30.6 Å². The Morgan fingerprint density at radius 2 is 1.95 bits per heavy atom. The summed E-state index contributed by atoms with van der Waals surface area (Å²) in [5.74, 6) is 0.00460. The normalized spacial score (nSPS) is 16.0. The van der Waals surface area contributed by atoms with Crippen LogP contribution < -0.4 is 16.0 Å². The Kier molecular flexibility index (Phi) is 4.63. The Morgan fingerprint density at radius 1 is 1.29 bits per heavy atom. The average Bonchev–Trinajstić information content (AvgIpc) is 2.45. The standard InChI is InChI=1S/C16H23N3O2/c1-16(2,17)15(21)18-11-12-6-8-13(9-7-12)19-10-4-3-5-14(19)20/h6-9H,3-5,10-11,17H2,1-2H3,(H,18,21). The zero-order valence-corrected chi connectivity index (χ0v) is 12.7. The molecule has 0 aliphatic carbocycles. The van der Waals surface area contributed by atoms with Crippen molar-refractivity contribution >= 4 is 17.5 Å². The van der Waals surface area contributed by atoms with Crippen LogP contribution in [0.3, 0.4) is 0 Å². The van der Waals surface area contributed by atoms with E-state index in [0.29, 0.717) is 13.0 Å². The van der Waals surface area contributed by atoms with Crippen LogP contribution in [0, 0.1) is 0 Å². The summed E-state index contributed by atoms with van der Waals surface area (Å²) in [6, 6.07) is 7.72. The Morgan fingerprint density at radius 3 is 2.52 bits per heavy atom. The largest absolute Gasteiger partial charge is 0.350 e. The van der Waals surface area contributed by atoms with Crippen molar-refractivity contribution in [1.29, 1.82) is 0 Å². The van der Waals surface area contributed by atoms with Crippen molar-refractivity contribution in [3.05, 3.63) is 29.8 Å². The summed E-state index contributed by atoms with van der Waals surface area (Å²) in [5, 5.41) is 2.80. The van der Waals surface area contributed by atoms with Crippen LogP contribution >= 0.6 is 0 Å². The van der Waals surface area contributed by atoms with Crippen LogP contribution in [-0.4, -0.2) is 23.9 Å². The lowest BCUT2D eigenvalue weighted by atomic mass is 10.1. The predicted molar refractivity (Wildman–Crippen MR) is 82.8 cm³/mol. The molecule has 1 fully saturated rings. The second kappa shape index (κ2) is 6.26. The number of carbonyl (C=O) groups excluding carboxylic acids is 2. The number of nitrogens with two attached hydrogens (primary N) is 1. The fourth-order valence-corrected chi connectivity index (χ4v) is 2.28. The van der Waals surface area contributed by atoms with Gasteiger partial charge >= 0.3 is 0 Å². The molecular weight excluding hydrogens is 266 g/mol. The summed E-state index contributed by atoms with van der Waals surface area (Å²) in [6.07, 6.45) is 2.66. The third-order valence-corrected chi connectivity index (χ3v) is 3.61. The number of benzene rings is 1. The number of hydrogen-bond acceptors (Lipinski definition) is 3. The van der Waals surface area contributed by atoms with Crippen LogP contribution in [-0.2, 0) is 16.1 Å². The van der Waals surface area contributed by atoms with E-state index in [1.54, 1.807) is 13.8 Å². The predicted octanol–water partition coefficient (Wildman–Crippen LogP) is 1.56. The van der Waals surface area contributed by atoms with E-state index >= 15 is 0 Å². The highest BCUT2D eigenvalue weighted by Crippen LogP contribution is 2.21. The number of nitrogens with zero attached hydrogens (tertiary/aromatic N) is 1. The maximum atomic E-state index is 11.9. The first kappa shape index (κ1) is 15.5. The fraction of sp³-hybridized carbons (Fsp3) is 0.500. The van der Waals surface area contributed by atoms with E-state index < -0.39 is 5.54 Å². The summed E-state index contributed by atoms with van der Waals surface area (Å²) in [7, 11) is 0. The highest BCUT2D eigenvalue weighted by molar-refractivity contribution is 5.94. The minimum Gasteiger partial charge on any atom is -0.350 e. The molecule has 2 amide bonds. The molecule has 3 N–H and O–H groups in total. The second-order valence-corrected chi connectivity index (χ2v) is 6.07. The van der Waals surface area contributed by atoms with Gasteiger partial charge < -0.3 is 16.0 Å². The quantitative estimate of drug-likeness (QED) is 0.883. The zero-order valence-electron chi connectivity index (χ0n) is 12.7. The third kappa shape index (κ3) is 4.04. The van der Waals surface area contributed by atoms with Gasteiger partial charge in [-0.05, 0) is 44.4 Å². The number of hydrogen-bond donors (Lipinski definition) is 2. The molecule has 1 aliphatic heterocycles. The van der Waals surface area contributed by atoms with Gasteiger partial charge in [-0.15, -0.1) is 0 Å². The fourth-order valence-electron chi connectivity index (χ4n) is 2.28. The van der Waals surface area contributed by atoms with Gasteiger partial charge in [0.25, 0.3) is 0 Å². The van der Waals surface area contributed by atoms with Crippen LogP contribution in [0.15, 0.2) is 24.3 Å². The Labute approximate surface area is 125 Å². The Balaban J connectivity index is 1.96. The molecule has 21 heavy (non-hydrogen) atoms. The minimum absolute atomic E-state index is 0.183. The molecule has 0 saturated carbocycles. The molecule has 1 aliphatic rings. The van der Waals surface area contributed by atoms with Crippen LogP contribution in [0.25, 0.3) is 0 Å². The zero-order chi connectivity index (χ0) is 15.5. The molecule has 1 heterocycles. The van der Waals surface area contributed by atoms with Gasteiger partial charge in [0.05, 0.1) is 5.54 Å². The lowest BCUT2D eigenvalue weighted by molar-refractivity contribution is -0.125. The topological polar surface area (TPSA) is 75.4 Å². The summed E-state index contributed by atoms with van der Waals surface area (Å²) in [5.41, 5.74) is 6.76. The number of piperidine rings is 1. The number of amides is 2. The van der Waals surface area contributed by atoms with Gasteiger partial charge in [-0.1, -0.05) is 12.1 Å². The molecular formula is C16H23N3O2. The molecule has 0 spiro atoms. The van der Waals surface area contributed by atoms with Crippen LogP contribution in [0.1, 0.15) is 38.7 Å². The van der Waals surface area contributed by atoms with Crippen molar-refractivity contribution in [3.8, 4) is 0 Å². The van der Waals surface area contributed by atoms with Crippen molar-refractivity contribution in [3.63, 3.8) is 0 Å². The van der Waals surface area contributed by atoms with Gasteiger partial charge in [-0.2, -0.15) is 0 Å². The molecule has 0 radical (unpaired) electrons. The van der Waals surface area contributed by atoms with Gasteiger partial charge in [0, 0.05) is 25.2 Å². The maximum Gasteiger partial charge on any atom is 0.239 e. The summed E-state index contributed by atoms with van der Waals surface area (Å²) < 4.78 is 0. The Bertz CT molecular complexity index is 517. The molecule has 1 aromatic carbocycles. The van der Waals surface area contributed by atoms with E-state index in [1.807, 2.05) is 29.2 Å².